The molecule has 15 heavy (non-hydrogen) atoms. The number of nitrogens with zero attached hydrogens (tertiary/aromatic N) is 1. The number of nitriles is 1. The first-order chi connectivity index (χ1) is 7.31. The molecule has 0 spiro atoms. The molecule has 1 fully saturated rings. The zero-order valence-electron chi connectivity index (χ0n) is 8.36. The number of amides is 1. The molecule has 0 heterocycles. The van der Waals surface area contributed by atoms with Gasteiger partial charge in [0, 0.05) is 5.92 Å². The van der Waals surface area contributed by atoms with Gasteiger partial charge in [0.2, 0.25) is 5.91 Å². The van der Waals surface area contributed by atoms with E-state index in [0.717, 1.165) is 19.3 Å². The smallest absolute Gasteiger partial charge is 0.227 e. The number of rotatable bonds is 2. The van der Waals surface area contributed by atoms with Crippen LogP contribution in [0.5, 0.6) is 0 Å². The van der Waals surface area contributed by atoms with E-state index in [-0.39, 0.29) is 11.8 Å². The van der Waals surface area contributed by atoms with E-state index >= 15 is 0 Å². The van der Waals surface area contributed by atoms with Gasteiger partial charge in [-0.3, -0.25) is 4.79 Å². The van der Waals surface area contributed by atoms with Gasteiger partial charge in [-0.2, -0.15) is 5.26 Å². The van der Waals surface area contributed by atoms with E-state index in [1.807, 2.05) is 6.07 Å². The minimum Gasteiger partial charge on any atom is -0.325 e. The lowest BCUT2D eigenvalue weighted by Crippen LogP contribution is -2.28. The van der Waals surface area contributed by atoms with Crippen LogP contribution in [0.25, 0.3) is 0 Å². The Bertz CT molecular complexity index is 416. The maximum absolute atomic E-state index is 11.6. The van der Waals surface area contributed by atoms with Crippen molar-refractivity contribution >= 4 is 11.6 Å². The average molecular weight is 200 g/mol. The zero-order chi connectivity index (χ0) is 10.7. The first-order valence-electron chi connectivity index (χ1n) is 5.11. The van der Waals surface area contributed by atoms with Crippen LogP contribution in [-0.4, -0.2) is 5.91 Å². The van der Waals surface area contributed by atoms with Crippen LogP contribution in [0.1, 0.15) is 24.8 Å². The molecule has 1 amide bonds. The van der Waals surface area contributed by atoms with Crippen LogP contribution in [0.4, 0.5) is 5.69 Å². The van der Waals surface area contributed by atoms with Gasteiger partial charge in [0.05, 0.1) is 11.3 Å². The molecule has 0 bridgehead atoms. The molecule has 0 unspecified atom stereocenters. The van der Waals surface area contributed by atoms with Crippen molar-refractivity contribution in [3.63, 3.8) is 0 Å². The van der Waals surface area contributed by atoms with Gasteiger partial charge in [-0.15, -0.1) is 0 Å². The van der Waals surface area contributed by atoms with Gasteiger partial charge in [0.1, 0.15) is 6.07 Å². The molecular formula is C12H12N2O. The minimum absolute atomic E-state index is 0.0453. The van der Waals surface area contributed by atoms with E-state index in [1.54, 1.807) is 18.2 Å². The van der Waals surface area contributed by atoms with E-state index in [1.165, 1.54) is 0 Å². The summed E-state index contributed by atoms with van der Waals surface area (Å²) in [7, 11) is 0. The molecule has 0 saturated heterocycles. The maximum Gasteiger partial charge on any atom is 0.227 e. The standard InChI is InChI=1S/C12H12N2O/c13-8-10-4-1-2-7-11(10)14-12(15)9-5-3-6-9/h1-2,4,7,9H,3,5-6H2,(H,14,15). The highest BCUT2D eigenvalue weighted by molar-refractivity contribution is 5.94. The van der Waals surface area contributed by atoms with Crippen molar-refractivity contribution in [1.82, 2.24) is 0 Å². The predicted molar refractivity (Wildman–Crippen MR) is 57.1 cm³/mol. The van der Waals surface area contributed by atoms with Crippen molar-refractivity contribution in [2.24, 2.45) is 5.92 Å². The van der Waals surface area contributed by atoms with Crippen LogP contribution in [-0.2, 0) is 4.79 Å². The summed E-state index contributed by atoms with van der Waals surface area (Å²) >= 11 is 0. The molecule has 3 heteroatoms. The van der Waals surface area contributed by atoms with Crippen molar-refractivity contribution in [3.8, 4) is 6.07 Å². The van der Waals surface area contributed by atoms with Crippen molar-refractivity contribution in [3.05, 3.63) is 29.8 Å². The van der Waals surface area contributed by atoms with Crippen molar-refractivity contribution in [2.45, 2.75) is 19.3 Å². The fourth-order valence-corrected chi connectivity index (χ4v) is 1.59. The Balaban J connectivity index is 2.10. The van der Waals surface area contributed by atoms with Crippen LogP contribution >= 0.6 is 0 Å². The molecule has 0 radical (unpaired) electrons. The Hall–Kier alpha value is -1.82. The lowest BCUT2D eigenvalue weighted by Gasteiger charge is -2.24. The third kappa shape index (κ3) is 1.99. The molecule has 1 N–H and O–H groups in total. The second kappa shape index (κ2) is 4.14. The highest BCUT2D eigenvalue weighted by Crippen LogP contribution is 2.28. The Labute approximate surface area is 88.7 Å². The second-order valence-corrected chi connectivity index (χ2v) is 3.77. The summed E-state index contributed by atoms with van der Waals surface area (Å²) in [6, 6.07) is 9.13. The molecule has 1 aromatic rings. The fraction of sp³-hybridized carbons (Fsp3) is 0.333. The molecule has 76 valence electrons. The maximum atomic E-state index is 11.6. The van der Waals surface area contributed by atoms with E-state index in [4.69, 9.17) is 5.26 Å². The quantitative estimate of drug-likeness (QED) is 0.796. The number of nitrogens with one attached hydrogen (secondary N) is 1. The highest BCUT2D eigenvalue weighted by atomic mass is 16.1. The number of carbonyl (C=O) groups is 1. The van der Waals surface area contributed by atoms with Crippen molar-refractivity contribution in [1.29, 1.82) is 5.26 Å². The normalized spacial score (nSPS) is 15.1. The summed E-state index contributed by atoms with van der Waals surface area (Å²) in [6.45, 7) is 0. The number of hydrogen-bond acceptors (Lipinski definition) is 2. The van der Waals surface area contributed by atoms with Gasteiger partial charge in [0.25, 0.3) is 0 Å². The average Bonchev–Trinajstić information content (AvgIpc) is 2.15. The largest absolute Gasteiger partial charge is 0.325 e. The van der Waals surface area contributed by atoms with Crippen LogP contribution in [0, 0.1) is 17.2 Å². The Morgan fingerprint density at radius 2 is 2.13 bits per heavy atom. The molecule has 0 aromatic heterocycles. The zero-order valence-corrected chi connectivity index (χ0v) is 8.36. The lowest BCUT2D eigenvalue weighted by atomic mass is 9.85. The number of hydrogen-bond donors (Lipinski definition) is 1. The van der Waals surface area contributed by atoms with Gasteiger partial charge >= 0.3 is 0 Å². The third-order valence-electron chi connectivity index (χ3n) is 2.78. The summed E-state index contributed by atoms with van der Waals surface area (Å²) in [5.41, 5.74) is 1.14. The Morgan fingerprint density at radius 3 is 2.73 bits per heavy atom. The Morgan fingerprint density at radius 1 is 1.40 bits per heavy atom. The van der Waals surface area contributed by atoms with Crippen LogP contribution in [0.15, 0.2) is 24.3 Å². The van der Waals surface area contributed by atoms with Crippen LogP contribution in [0.2, 0.25) is 0 Å². The van der Waals surface area contributed by atoms with E-state index in [9.17, 15) is 4.79 Å². The fourth-order valence-electron chi connectivity index (χ4n) is 1.59. The second-order valence-electron chi connectivity index (χ2n) is 3.77. The van der Waals surface area contributed by atoms with Crippen molar-refractivity contribution < 1.29 is 4.79 Å². The predicted octanol–water partition coefficient (Wildman–Crippen LogP) is 2.30. The number of anilines is 1. The van der Waals surface area contributed by atoms with Gasteiger partial charge in [0.15, 0.2) is 0 Å². The molecule has 1 aliphatic rings. The first kappa shape index (κ1) is 9.72. The van der Waals surface area contributed by atoms with Gasteiger partial charge in [-0.05, 0) is 25.0 Å². The van der Waals surface area contributed by atoms with Gasteiger partial charge in [-0.25, -0.2) is 0 Å². The Kier molecular flexibility index (Phi) is 2.68. The van der Waals surface area contributed by atoms with Gasteiger partial charge in [-0.1, -0.05) is 18.6 Å². The van der Waals surface area contributed by atoms with E-state index in [2.05, 4.69) is 11.4 Å². The van der Waals surface area contributed by atoms with Crippen molar-refractivity contribution in [2.75, 3.05) is 5.32 Å². The molecule has 1 aliphatic carbocycles. The van der Waals surface area contributed by atoms with E-state index in [0.29, 0.717) is 11.3 Å². The SMILES string of the molecule is N#Cc1ccccc1NC(=O)C1CCC1. The number of benzene rings is 1. The summed E-state index contributed by atoms with van der Waals surface area (Å²) in [6.07, 6.45) is 3.08. The topological polar surface area (TPSA) is 52.9 Å². The molecule has 2 rings (SSSR count). The summed E-state index contributed by atoms with van der Waals surface area (Å²) in [5, 5.41) is 11.6. The summed E-state index contributed by atoms with van der Waals surface area (Å²) < 4.78 is 0. The molecular weight excluding hydrogens is 188 g/mol. The van der Waals surface area contributed by atoms with Crippen LogP contribution < -0.4 is 5.32 Å². The molecule has 0 aliphatic heterocycles. The lowest BCUT2D eigenvalue weighted by molar-refractivity contribution is -0.122. The summed E-state index contributed by atoms with van der Waals surface area (Å²) in [4.78, 5) is 11.6. The van der Waals surface area contributed by atoms with Crippen LogP contribution in [0.3, 0.4) is 0 Å². The van der Waals surface area contributed by atoms with E-state index < -0.39 is 0 Å². The third-order valence-corrected chi connectivity index (χ3v) is 2.78. The minimum atomic E-state index is 0.0453. The molecule has 3 nitrogen and oxygen atoms in total. The summed E-state index contributed by atoms with van der Waals surface area (Å²) in [5.74, 6) is 0.195. The monoisotopic (exact) mass is 200 g/mol. The number of carbonyl (C=O) groups excluding carboxylic acids is 1. The molecule has 1 aromatic carbocycles. The number of para-hydroxylation sites is 1. The molecule has 1 saturated carbocycles. The highest BCUT2D eigenvalue weighted by Gasteiger charge is 2.25. The molecule has 0 atom stereocenters. The van der Waals surface area contributed by atoms with Gasteiger partial charge < -0.3 is 5.32 Å². The first-order valence-corrected chi connectivity index (χ1v) is 5.11.